The summed E-state index contributed by atoms with van der Waals surface area (Å²) in [4.78, 5) is 19.1. The normalized spacial score (nSPS) is 28.2. The Kier molecular flexibility index (Phi) is 4.08. The summed E-state index contributed by atoms with van der Waals surface area (Å²) in [6.45, 7) is 9.24. The molecule has 3 rings (SSSR count). The molecule has 2 fully saturated rings. The van der Waals surface area contributed by atoms with E-state index < -0.39 is 0 Å². The first kappa shape index (κ1) is 16.2. The number of ether oxygens (including phenoxy) is 2. The van der Waals surface area contributed by atoms with Gasteiger partial charge in [0.2, 0.25) is 5.88 Å². The molecule has 0 bridgehead atoms. The minimum Gasteiger partial charge on any atom is -0.477 e. The summed E-state index contributed by atoms with van der Waals surface area (Å²) in [6.07, 6.45) is 2.76. The zero-order chi connectivity index (χ0) is 16.7. The molecule has 23 heavy (non-hydrogen) atoms. The molecular weight excluding hydrogens is 292 g/mol. The highest BCUT2D eigenvalue weighted by Crippen LogP contribution is 2.62. The molecule has 2 aliphatic rings. The van der Waals surface area contributed by atoms with Crippen molar-refractivity contribution in [3.05, 3.63) is 23.9 Å². The van der Waals surface area contributed by atoms with Crippen LogP contribution in [-0.2, 0) is 4.74 Å². The number of methoxy groups -OCH3 is 1. The number of fused-ring (bicyclic) bond motifs is 1. The van der Waals surface area contributed by atoms with Crippen molar-refractivity contribution in [2.75, 3.05) is 33.4 Å². The maximum atomic E-state index is 13.0. The van der Waals surface area contributed by atoms with Crippen molar-refractivity contribution in [1.82, 2.24) is 9.88 Å². The molecule has 2 heterocycles. The topological polar surface area (TPSA) is 51.7 Å². The van der Waals surface area contributed by atoms with Crippen LogP contribution in [0.3, 0.4) is 0 Å². The van der Waals surface area contributed by atoms with Crippen molar-refractivity contribution in [2.45, 2.75) is 27.2 Å². The maximum absolute atomic E-state index is 13.0. The van der Waals surface area contributed by atoms with Gasteiger partial charge in [-0.1, -0.05) is 13.8 Å². The lowest BCUT2D eigenvalue weighted by molar-refractivity contribution is -0.107. The largest absolute Gasteiger partial charge is 0.477 e. The molecule has 5 heteroatoms. The molecule has 126 valence electrons. The number of rotatable bonds is 5. The van der Waals surface area contributed by atoms with E-state index in [9.17, 15) is 4.79 Å². The Morgan fingerprint density at radius 3 is 2.91 bits per heavy atom. The minimum atomic E-state index is 0.0160. The van der Waals surface area contributed by atoms with Gasteiger partial charge in [0.15, 0.2) is 0 Å². The SMILES string of the molecule is CCOc1ncccc1C(=O)N1C[C@@H]2C(C)(C)C[C@]2(COC)C1. The summed E-state index contributed by atoms with van der Waals surface area (Å²) in [5, 5.41) is 0. The van der Waals surface area contributed by atoms with Crippen LogP contribution in [0, 0.1) is 16.7 Å². The Balaban J connectivity index is 1.82. The van der Waals surface area contributed by atoms with E-state index >= 15 is 0 Å². The fraction of sp³-hybridized carbons (Fsp3) is 0.667. The third-order valence-corrected chi connectivity index (χ3v) is 5.40. The zero-order valence-corrected chi connectivity index (χ0v) is 14.5. The van der Waals surface area contributed by atoms with Crippen molar-refractivity contribution in [2.24, 2.45) is 16.7 Å². The van der Waals surface area contributed by atoms with Gasteiger partial charge in [0.25, 0.3) is 5.91 Å². The molecule has 1 aromatic rings. The van der Waals surface area contributed by atoms with Crippen molar-refractivity contribution >= 4 is 5.91 Å². The molecule has 1 amide bonds. The maximum Gasteiger partial charge on any atom is 0.259 e. The lowest BCUT2D eigenvalue weighted by Crippen LogP contribution is -2.55. The predicted octanol–water partition coefficient (Wildman–Crippen LogP) is 2.62. The Morgan fingerprint density at radius 1 is 1.48 bits per heavy atom. The van der Waals surface area contributed by atoms with E-state index in [1.807, 2.05) is 11.8 Å². The lowest BCUT2D eigenvalue weighted by atomic mass is 9.48. The highest BCUT2D eigenvalue weighted by Gasteiger charge is 2.63. The van der Waals surface area contributed by atoms with Gasteiger partial charge in [-0.15, -0.1) is 0 Å². The second-order valence-corrected chi connectivity index (χ2v) is 7.49. The number of likely N-dealkylation sites (tertiary alicyclic amines) is 1. The van der Waals surface area contributed by atoms with Gasteiger partial charge in [0, 0.05) is 31.8 Å². The van der Waals surface area contributed by atoms with E-state index in [1.165, 1.54) is 0 Å². The van der Waals surface area contributed by atoms with E-state index in [1.54, 1.807) is 25.4 Å². The van der Waals surface area contributed by atoms with Gasteiger partial charge in [0.1, 0.15) is 5.56 Å². The quantitative estimate of drug-likeness (QED) is 0.837. The fourth-order valence-corrected chi connectivity index (χ4v) is 4.74. The summed E-state index contributed by atoms with van der Waals surface area (Å²) >= 11 is 0. The Hall–Kier alpha value is -1.62. The average molecular weight is 318 g/mol. The van der Waals surface area contributed by atoms with Gasteiger partial charge in [-0.05, 0) is 36.8 Å². The Bertz CT molecular complexity index is 602. The molecule has 1 aliphatic heterocycles. The molecule has 1 aromatic heterocycles. The van der Waals surface area contributed by atoms with Crippen molar-refractivity contribution < 1.29 is 14.3 Å². The molecule has 5 nitrogen and oxygen atoms in total. The number of pyridine rings is 1. The van der Waals surface area contributed by atoms with Crippen LogP contribution < -0.4 is 4.74 Å². The van der Waals surface area contributed by atoms with E-state index in [4.69, 9.17) is 9.47 Å². The third kappa shape index (κ3) is 2.61. The molecular formula is C18H26N2O3. The number of nitrogens with zero attached hydrogens (tertiary/aromatic N) is 2. The molecule has 1 saturated carbocycles. The summed E-state index contributed by atoms with van der Waals surface area (Å²) in [6, 6.07) is 3.59. The van der Waals surface area contributed by atoms with Crippen LogP contribution in [0.4, 0.5) is 0 Å². The molecule has 2 atom stereocenters. The third-order valence-electron chi connectivity index (χ3n) is 5.40. The Labute approximate surface area is 138 Å². The number of hydrogen-bond acceptors (Lipinski definition) is 4. The van der Waals surface area contributed by atoms with Gasteiger partial charge in [-0.3, -0.25) is 4.79 Å². The van der Waals surface area contributed by atoms with Gasteiger partial charge in [-0.2, -0.15) is 0 Å². The van der Waals surface area contributed by atoms with E-state index in [0.717, 1.165) is 26.1 Å². The fourth-order valence-electron chi connectivity index (χ4n) is 4.74. The summed E-state index contributed by atoms with van der Waals surface area (Å²) in [5.74, 6) is 0.938. The first-order valence-electron chi connectivity index (χ1n) is 8.29. The van der Waals surface area contributed by atoms with Gasteiger partial charge in [-0.25, -0.2) is 4.98 Å². The number of carbonyl (C=O) groups is 1. The standard InChI is InChI=1S/C18H26N2O3/c1-5-23-15-13(7-6-8-19-15)16(21)20-9-14-17(2,3)10-18(14,11-20)12-22-4/h6-8,14H,5,9-12H2,1-4H3/t14-,18-/m1/s1. The molecule has 0 unspecified atom stereocenters. The number of carbonyl (C=O) groups excluding carboxylic acids is 1. The van der Waals surface area contributed by atoms with Crippen molar-refractivity contribution in [1.29, 1.82) is 0 Å². The number of hydrogen-bond donors (Lipinski definition) is 0. The highest BCUT2D eigenvalue weighted by molar-refractivity contribution is 5.96. The van der Waals surface area contributed by atoms with Crippen molar-refractivity contribution in [3.63, 3.8) is 0 Å². The molecule has 0 N–H and O–H groups in total. The number of amides is 1. The zero-order valence-electron chi connectivity index (χ0n) is 14.5. The van der Waals surface area contributed by atoms with E-state index in [-0.39, 0.29) is 16.7 Å². The Morgan fingerprint density at radius 2 is 2.26 bits per heavy atom. The highest BCUT2D eigenvalue weighted by atomic mass is 16.5. The van der Waals surface area contributed by atoms with Crippen molar-refractivity contribution in [3.8, 4) is 5.88 Å². The van der Waals surface area contributed by atoms with Crippen LogP contribution in [0.5, 0.6) is 5.88 Å². The van der Waals surface area contributed by atoms with Crippen LogP contribution in [-0.4, -0.2) is 49.2 Å². The van der Waals surface area contributed by atoms with Gasteiger partial charge >= 0.3 is 0 Å². The smallest absolute Gasteiger partial charge is 0.259 e. The first-order valence-corrected chi connectivity index (χ1v) is 8.29. The van der Waals surface area contributed by atoms with Gasteiger partial charge < -0.3 is 14.4 Å². The van der Waals surface area contributed by atoms with Crippen LogP contribution in [0.1, 0.15) is 37.6 Å². The summed E-state index contributed by atoms with van der Waals surface area (Å²) in [5.41, 5.74) is 0.939. The summed E-state index contributed by atoms with van der Waals surface area (Å²) < 4.78 is 11.0. The minimum absolute atomic E-state index is 0.0160. The van der Waals surface area contributed by atoms with Crippen LogP contribution in [0.2, 0.25) is 0 Å². The van der Waals surface area contributed by atoms with Crippen LogP contribution >= 0.6 is 0 Å². The second-order valence-electron chi connectivity index (χ2n) is 7.49. The predicted molar refractivity (Wildman–Crippen MR) is 87.5 cm³/mol. The van der Waals surface area contributed by atoms with E-state index in [0.29, 0.717) is 24.0 Å². The van der Waals surface area contributed by atoms with Gasteiger partial charge in [0.05, 0.1) is 13.2 Å². The molecule has 0 aromatic carbocycles. The lowest BCUT2D eigenvalue weighted by Gasteiger charge is -2.56. The van der Waals surface area contributed by atoms with E-state index in [2.05, 4.69) is 18.8 Å². The second kappa shape index (κ2) is 5.78. The molecule has 0 spiro atoms. The molecule has 1 saturated heterocycles. The molecule has 0 radical (unpaired) electrons. The number of aromatic nitrogens is 1. The monoisotopic (exact) mass is 318 g/mol. The van der Waals surface area contributed by atoms with Crippen LogP contribution in [0.25, 0.3) is 0 Å². The molecule has 1 aliphatic carbocycles. The average Bonchev–Trinajstić information content (AvgIpc) is 2.83. The summed E-state index contributed by atoms with van der Waals surface area (Å²) in [7, 11) is 1.75. The first-order chi connectivity index (χ1) is 10.9. The van der Waals surface area contributed by atoms with Crippen LogP contribution in [0.15, 0.2) is 18.3 Å².